The highest BCUT2D eigenvalue weighted by Crippen LogP contribution is 2.15. The third-order valence-electron chi connectivity index (χ3n) is 6.02. The molecule has 0 saturated carbocycles. The molecular formula is C27H55. The van der Waals surface area contributed by atoms with Crippen molar-refractivity contribution in [2.75, 3.05) is 0 Å². The molecule has 0 spiro atoms. The summed E-state index contributed by atoms with van der Waals surface area (Å²) >= 11 is 0. The highest BCUT2D eigenvalue weighted by molar-refractivity contribution is 4.64. The van der Waals surface area contributed by atoms with Crippen LogP contribution in [0.15, 0.2) is 0 Å². The van der Waals surface area contributed by atoms with Crippen molar-refractivity contribution in [3.8, 4) is 0 Å². The standard InChI is InChI=1S/C27H55/c1-3-5-7-9-11-13-15-17-19-21-23-25-27-26-24-22-20-18-16-14-12-10-8-6-4-2/h27H,3-26H2,1-2H3. The molecule has 0 heterocycles. The SMILES string of the molecule is CCCCCCCCCCCCC[CH]CCCCCCCCCCCCC. The first-order chi connectivity index (χ1) is 13.4. The van der Waals surface area contributed by atoms with E-state index in [-0.39, 0.29) is 0 Å². The van der Waals surface area contributed by atoms with Gasteiger partial charge < -0.3 is 0 Å². The zero-order valence-corrected chi connectivity index (χ0v) is 19.5. The largest absolute Gasteiger partial charge is 0.0654 e. The van der Waals surface area contributed by atoms with E-state index in [4.69, 9.17) is 0 Å². The molecule has 163 valence electrons. The van der Waals surface area contributed by atoms with Gasteiger partial charge in [0.05, 0.1) is 0 Å². The lowest BCUT2D eigenvalue weighted by Gasteiger charge is -2.04. The van der Waals surface area contributed by atoms with Crippen LogP contribution < -0.4 is 0 Å². The molecular weight excluding hydrogens is 324 g/mol. The molecule has 0 aliphatic rings. The third-order valence-corrected chi connectivity index (χ3v) is 6.02. The summed E-state index contributed by atoms with van der Waals surface area (Å²) in [5, 5.41) is 0. The van der Waals surface area contributed by atoms with E-state index >= 15 is 0 Å². The zero-order valence-electron chi connectivity index (χ0n) is 19.5. The molecule has 0 atom stereocenters. The Labute approximate surface area is 174 Å². The Morgan fingerprint density at radius 2 is 0.519 bits per heavy atom. The van der Waals surface area contributed by atoms with E-state index in [0.29, 0.717) is 0 Å². The number of rotatable bonds is 24. The van der Waals surface area contributed by atoms with Gasteiger partial charge in [-0.25, -0.2) is 0 Å². The fourth-order valence-corrected chi connectivity index (χ4v) is 4.05. The third kappa shape index (κ3) is 26.0. The minimum Gasteiger partial charge on any atom is -0.0654 e. The molecule has 0 unspecified atom stereocenters. The number of hydrogen-bond acceptors (Lipinski definition) is 0. The molecule has 27 heavy (non-hydrogen) atoms. The van der Waals surface area contributed by atoms with Gasteiger partial charge in [0, 0.05) is 0 Å². The summed E-state index contributed by atoms with van der Waals surface area (Å²) in [6.07, 6.45) is 37.4. The first kappa shape index (κ1) is 27.0. The fraction of sp³-hybridized carbons (Fsp3) is 0.963. The maximum atomic E-state index is 2.57. The van der Waals surface area contributed by atoms with E-state index < -0.39 is 0 Å². The van der Waals surface area contributed by atoms with Crippen molar-refractivity contribution in [1.29, 1.82) is 0 Å². The van der Waals surface area contributed by atoms with E-state index in [2.05, 4.69) is 20.3 Å². The van der Waals surface area contributed by atoms with E-state index in [1.807, 2.05) is 0 Å². The Hall–Kier alpha value is 0. The molecule has 0 amide bonds. The van der Waals surface area contributed by atoms with Crippen molar-refractivity contribution in [1.82, 2.24) is 0 Å². The van der Waals surface area contributed by atoms with Gasteiger partial charge in [0.15, 0.2) is 0 Å². The highest BCUT2D eigenvalue weighted by atomic mass is 14.0. The van der Waals surface area contributed by atoms with Crippen molar-refractivity contribution in [3.05, 3.63) is 6.42 Å². The van der Waals surface area contributed by atoms with Crippen LogP contribution in [0.5, 0.6) is 0 Å². The summed E-state index contributed by atoms with van der Waals surface area (Å²) < 4.78 is 0. The van der Waals surface area contributed by atoms with Gasteiger partial charge in [0.25, 0.3) is 0 Å². The Bertz CT molecular complexity index is 208. The summed E-state index contributed by atoms with van der Waals surface area (Å²) in [6, 6.07) is 0. The van der Waals surface area contributed by atoms with Crippen LogP contribution in [0.3, 0.4) is 0 Å². The van der Waals surface area contributed by atoms with Crippen molar-refractivity contribution < 1.29 is 0 Å². The van der Waals surface area contributed by atoms with Gasteiger partial charge in [-0.1, -0.05) is 168 Å². The summed E-state index contributed by atoms with van der Waals surface area (Å²) in [7, 11) is 0. The maximum Gasteiger partial charge on any atom is -0.0386 e. The second kappa shape index (κ2) is 26.0. The molecule has 0 N–H and O–H groups in total. The molecule has 0 aromatic carbocycles. The van der Waals surface area contributed by atoms with Crippen molar-refractivity contribution in [2.24, 2.45) is 0 Å². The first-order valence-corrected chi connectivity index (χ1v) is 13.2. The van der Waals surface area contributed by atoms with E-state index in [1.54, 1.807) is 0 Å². The van der Waals surface area contributed by atoms with Crippen LogP contribution in [-0.2, 0) is 0 Å². The molecule has 0 heteroatoms. The lowest BCUT2D eigenvalue weighted by Crippen LogP contribution is -1.85. The maximum absolute atomic E-state index is 2.57. The van der Waals surface area contributed by atoms with Crippen LogP contribution >= 0.6 is 0 Å². The Balaban J connectivity index is 2.95. The van der Waals surface area contributed by atoms with Gasteiger partial charge in [-0.15, -0.1) is 0 Å². The second-order valence-corrected chi connectivity index (χ2v) is 8.94. The number of unbranched alkanes of at least 4 members (excludes halogenated alkanes) is 24. The van der Waals surface area contributed by atoms with Gasteiger partial charge in [-0.05, 0) is 6.42 Å². The smallest absolute Gasteiger partial charge is 0.0386 e. The van der Waals surface area contributed by atoms with Crippen molar-refractivity contribution in [3.63, 3.8) is 0 Å². The molecule has 0 aliphatic heterocycles. The van der Waals surface area contributed by atoms with Crippen LogP contribution in [0.2, 0.25) is 0 Å². The minimum atomic E-state index is 1.37. The first-order valence-electron chi connectivity index (χ1n) is 13.2. The predicted molar refractivity (Wildman–Crippen MR) is 126 cm³/mol. The normalized spacial score (nSPS) is 11.3. The molecule has 0 rings (SSSR count). The van der Waals surface area contributed by atoms with Gasteiger partial charge in [-0.2, -0.15) is 0 Å². The lowest BCUT2D eigenvalue weighted by molar-refractivity contribution is 0.540. The predicted octanol–water partition coefficient (Wildman–Crippen LogP) is 10.6. The monoisotopic (exact) mass is 379 g/mol. The molecule has 0 fully saturated rings. The Kier molecular flexibility index (Phi) is 26.0. The summed E-state index contributed by atoms with van der Waals surface area (Å²) in [6.45, 7) is 4.60. The minimum absolute atomic E-state index is 1.37. The summed E-state index contributed by atoms with van der Waals surface area (Å²) in [4.78, 5) is 0. The molecule has 0 saturated heterocycles. The molecule has 0 bridgehead atoms. The average Bonchev–Trinajstić information content (AvgIpc) is 2.68. The van der Waals surface area contributed by atoms with Gasteiger partial charge in [-0.3, -0.25) is 0 Å². The van der Waals surface area contributed by atoms with Gasteiger partial charge in [0.2, 0.25) is 0 Å². The Morgan fingerprint density at radius 1 is 0.296 bits per heavy atom. The highest BCUT2D eigenvalue weighted by Gasteiger charge is 1.96. The lowest BCUT2D eigenvalue weighted by atomic mass is 10.0. The van der Waals surface area contributed by atoms with E-state index in [9.17, 15) is 0 Å². The quantitative estimate of drug-likeness (QED) is 0.146. The van der Waals surface area contributed by atoms with Crippen LogP contribution in [0.4, 0.5) is 0 Å². The Morgan fingerprint density at radius 3 is 0.778 bits per heavy atom. The van der Waals surface area contributed by atoms with Crippen molar-refractivity contribution in [2.45, 2.75) is 168 Å². The van der Waals surface area contributed by atoms with E-state index in [1.165, 1.54) is 154 Å². The molecule has 0 aromatic heterocycles. The number of hydrogen-bond donors (Lipinski definition) is 0. The van der Waals surface area contributed by atoms with Gasteiger partial charge >= 0.3 is 0 Å². The van der Waals surface area contributed by atoms with Crippen LogP contribution in [0.25, 0.3) is 0 Å². The summed E-state index contributed by atoms with van der Waals surface area (Å²) in [5.41, 5.74) is 0. The molecule has 0 nitrogen and oxygen atoms in total. The average molecular weight is 380 g/mol. The van der Waals surface area contributed by atoms with E-state index in [0.717, 1.165) is 0 Å². The molecule has 1 radical (unpaired) electrons. The molecule has 0 aromatic rings. The summed E-state index contributed by atoms with van der Waals surface area (Å²) in [5.74, 6) is 0. The second-order valence-electron chi connectivity index (χ2n) is 8.94. The zero-order chi connectivity index (χ0) is 19.7. The van der Waals surface area contributed by atoms with Gasteiger partial charge in [0.1, 0.15) is 0 Å². The van der Waals surface area contributed by atoms with Crippen LogP contribution in [-0.4, -0.2) is 0 Å². The molecule has 0 aliphatic carbocycles. The topological polar surface area (TPSA) is 0 Å². The van der Waals surface area contributed by atoms with Crippen molar-refractivity contribution >= 4 is 0 Å². The fourth-order valence-electron chi connectivity index (χ4n) is 4.05. The van der Waals surface area contributed by atoms with Crippen LogP contribution in [0, 0.1) is 6.42 Å². The van der Waals surface area contributed by atoms with Crippen LogP contribution in [0.1, 0.15) is 168 Å².